The molecule has 1 aliphatic heterocycles. The summed E-state index contributed by atoms with van der Waals surface area (Å²) in [5.41, 5.74) is 4.52. The third kappa shape index (κ3) is 4.99. The first-order valence-corrected chi connectivity index (χ1v) is 12.6. The van der Waals surface area contributed by atoms with Gasteiger partial charge >= 0.3 is 0 Å². The van der Waals surface area contributed by atoms with Crippen LogP contribution in [0.2, 0.25) is 0 Å². The van der Waals surface area contributed by atoms with Crippen LogP contribution >= 0.6 is 11.8 Å². The average molecular weight is 475 g/mol. The first kappa shape index (κ1) is 22.6. The monoisotopic (exact) mass is 474 g/mol. The van der Waals surface area contributed by atoms with E-state index in [1.807, 2.05) is 41.3 Å². The van der Waals surface area contributed by atoms with Gasteiger partial charge in [-0.15, -0.1) is 0 Å². The Balaban J connectivity index is 1.35. The van der Waals surface area contributed by atoms with Crippen molar-refractivity contribution < 1.29 is 9.18 Å². The van der Waals surface area contributed by atoms with Crippen molar-refractivity contribution in [1.29, 1.82) is 0 Å². The zero-order chi connectivity index (χ0) is 23.5. The number of rotatable bonds is 6. The molecule has 0 saturated carbocycles. The van der Waals surface area contributed by atoms with Gasteiger partial charge in [0.25, 0.3) is 5.91 Å². The fourth-order valence-corrected chi connectivity index (χ4v) is 5.37. The maximum absolute atomic E-state index is 13.2. The Morgan fingerprint density at radius 1 is 1.09 bits per heavy atom. The number of halogens is 1. The minimum absolute atomic E-state index is 0.114. The number of thioether (sulfide) groups is 1. The molecule has 0 bridgehead atoms. The molecule has 34 heavy (non-hydrogen) atoms. The molecule has 0 N–H and O–H groups in total. The van der Waals surface area contributed by atoms with Gasteiger partial charge in [-0.1, -0.05) is 43.0 Å². The molecular formula is C27H27FN4OS. The zero-order valence-corrected chi connectivity index (χ0v) is 20.0. The summed E-state index contributed by atoms with van der Waals surface area (Å²) < 4.78 is 15.3. The van der Waals surface area contributed by atoms with Gasteiger partial charge in [0.2, 0.25) is 0 Å². The second-order valence-corrected chi connectivity index (χ2v) is 9.88. The summed E-state index contributed by atoms with van der Waals surface area (Å²) >= 11 is 1.61. The maximum Gasteiger partial charge on any atom is 0.253 e. The number of aromatic nitrogens is 3. The van der Waals surface area contributed by atoms with Crippen LogP contribution in [0.1, 0.15) is 41.3 Å². The molecule has 174 valence electrons. The molecule has 1 unspecified atom stereocenters. The predicted octanol–water partition coefficient (Wildman–Crippen LogP) is 5.78. The molecular weight excluding hydrogens is 447 g/mol. The number of benzene rings is 2. The quantitative estimate of drug-likeness (QED) is 0.332. The third-order valence-corrected chi connectivity index (χ3v) is 7.28. The number of imidazole rings is 1. The molecule has 2 aromatic carbocycles. The van der Waals surface area contributed by atoms with Crippen molar-refractivity contribution in [2.45, 2.75) is 37.2 Å². The van der Waals surface area contributed by atoms with Crippen LogP contribution in [0.5, 0.6) is 0 Å². The van der Waals surface area contributed by atoms with Crippen molar-refractivity contribution in [2.75, 3.05) is 13.1 Å². The lowest BCUT2D eigenvalue weighted by atomic mass is 9.99. The highest BCUT2D eigenvalue weighted by Gasteiger charge is 2.22. The Labute approximate surface area is 203 Å². The van der Waals surface area contributed by atoms with E-state index in [9.17, 15) is 9.18 Å². The van der Waals surface area contributed by atoms with Crippen molar-refractivity contribution in [3.05, 3.63) is 89.4 Å². The Morgan fingerprint density at radius 2 is 1.85 bits per heavy atom. The van der Waals surface area contributed by atoms with Gasteiger partial charge < -0.3 is 4.90 Å². The largest absolute Gasteiger partial charge is 0.338 e. The van der Waals surface area contributed by atoms with Gasteiger partial charge in [0.1, 0.15) is 11.3 Å². The van der Waals surface area contributed by atoms with E-state index in [0.717, 1.165) is 52.5 Å². The summed E-state index contributed by atoms with van der Waals surface area (Å²) in [5, 5.41) is 0.862. The topological polar surface area (TPSA) is 51.0 Å². The van der Waals surface area contributed by atoms with Gasteiger partial charge in [0, 0.05) is 30.6 Å². The van der Waals surface area contributed by atoms with Crippen molar-refractivity contribution in [1.82, 2.24) is 19.4 Å². The standard InChI is InChI=1S/C27H27FN4OS/c1-19-4-3-15-31(16-19)26(33)22-10-6-20(7-11-22)17-32-25-24(5-2-14-29-25)30-27(32)34-18-21-8-12-23(28)13-9-21/h2,5-14,19H,3-4,15-18H2,1H3. The maximum atomic E-state index is 13.2. The second kappa shape index (κ2) is 9.97. The van der Waals surface area contributed by atoms with Crippen LogP contribution in [-0.2, 0) is 12.3 Å². The lowest BCUT2D eigenvalue weighted by Crippen LogP contribution is -2.39. The number of likely N-dealkylation sites (tertiary alicyclic amines) is 1. The van der Waals surface area contributed by atoms with Crippen LogP contribution in [0, 0.1) is 11.7 Å². The van der Waals surface area contributed by atoms with Crippen LogP contribution in [0.25, 0.3) is 11.2 Å². The number of hydrogen-bond donors (Lipinski definition) is 0. The number of piperidine rings is 1. The van der Waals surface area contributed by atoms with Gasteiger partial charge in [0.05, 0.1) is 6.54 Å². The van der Waals surface area contributed by atoms with E-state index in [4.69, 9.17) is 4.98 Å². The zero-order valence-electron chi connectivity index (χ0n) is 19.2. The summed E-state index contributed by atoms with van der Waals surface area (Å²) in [6, 6.07) is 18.3. The molecule has 0 radical (unpaired) electrons. The molecule has 4 aromatic rings. The first-order chi connectivity index (χ1) is 16.6. The molecule has 1 amide bonds. The van der Waals surface area contributed by atoms with E-state index in [1.54, 1.807) is 30.1 Å². The van der Waals surface area contributed by atoms with Gasteiger partial charge in [0.15, 0.2) is 10.8 Å². The van der Waals surface area contributed by atoms with Gasteiger partial charge in [-0.05, 0) is 66.3 Å². The highest BCUT2D eigenvalue weighted by atomic mass is 32.2. The summed E-state index contributed by atoms with van der Waals surface area (Å²) in [4.78, 5) is 24.2. The lowest BCUT2D eigenvalue weighted by molar-refractivity contribution is 0.0683. The predicted molar refractivity (Wildman–Crippen MR) is 133 cm³/mol. The highest BCUT2D eigenvalue weighted by molar-refractivity contribution is 7.98. The fourth-order valence-electron chi connectivity index (χ4n) is 4.41. The van der Waals surface area contributed by atoms with Crippen LogP contribution in [-0.4, -0.2) is 38.4 Å². The van der Waals surface area contributed by atoms with Crippen molar-refractivity contribution in [2.24, 2.45) is 5.92 Å². The molecule has 7 heteroatoms. The number of nitrogens with zero attached hydrogens (tertiary/aromatic N) is 4. The van der Waals surface area contributed by atoms with E-state index in [0.29, 0.717) is 18.2 Å². The van der Waals surface area contributed by atoms with E-state index in [2.05, 4.69) is 16.5 Å². The SMILES string of the molecule is CC1CCCN(C(=O)c2ccc(Cn3c(SCc4ccc(F)cc4)nc4cccnc43)cc2)C1. The summed E-state index contributed by atoms with van der Waals surface area (Å²) in [6.45, 7) is 4.49. The minimum atomic E-state index is -0.234. The number of amides is 1. The summed E-state index contributed by atoms with van der Waals surface area (Å²) in [7, 11) is 0. The molecule has 5 rings (SSSR count). The van der Waals surface area contributed by atoms with Gasteiger partial charge in [-0.25, -0.2) is 14.4 Å². The molecule has 1 fully saturated rings. The normalized spacial score (nSPS) is 16.2. The van der Waals surface area contributed by atoms with Crippen molar-refractivity contribution in [3.63, 3.8) is 0 Å². The van der Waals surface area contributed by atoms with Crippen LogP contribution < -0.4 is 0 Å². The minimum Gasteiger partial charge on any atom is -0.338 e. The summed E-state index contributed by atoms with van der Waals surface area (Å²) in [5.74, 6) is 1.13. The molecule has 0 aliphatic carbocycles. The lowest BCUT2D eigenvalue weighted by Gasteiger charge is -2.31. The molecule has 5 nitrogen and oxygen atoms in total. The second-order valence-electron chi connectivity index (χ2n) is 8.94. The summed E-state index contributed by atoms with van der Waals surface area (Å²) in [6.07, 6.45) is 4.04. The van der Waals surface area contributed by atoms with Crippen LogP contribution in [0.4, 0.5) is 4.39 Å². The van der Waals surface area contributed by atoms with E-state index in [1.165, 1.54) is 18.6 Å². The molecule has 1 aliphatic rings. The molecule has 0 spiro atoms. The van der Waals surface area contributed by atoms with E-state index in [-0.39, 0.29) is 11.7 Å². The number of pyridine rings is 1. The number of carbonyl (C=O) groups excluding carboxylic acids is 1. The van der Waals surface area contributed by atoms with Crippen LogP contribution in [0.15, 0.2) is 72.0 Å². The van der Waals surface area contributed by atoms with Gasteiger partial charge in [-0.3, -0.25) is 9.36 Å². The van der Waals surface area contributed by atoms with Crippen molar-refractivity contribution >= 4 is 28.8 Å². The molecule has 2 aromatic heterocycles. The Morgan fingerprint density at radius 3 is 2.62 bits per heavy atom. The molecule has 1 atom stereocenters. The van der Waals surface area contributed by atoms with Gasteiger partial charge in [-0.2, -0.15) is 0 Å². The third-order valence-electron chi connectivity index (χ3n) is 6.24. The number of carbonyl (C=O) groups is 1. The van der Waals surface area contributed by atoms with E-state index >= 15 is 0 Å². The van der Waals surface area contributed by atoms with Crippen molar-refractivity contribution in [3.8, 4) is 0 Å². The Kier molecular flexibility index (Phi) is 6.63. The molecule has 1 saturated heterocycles. The Bertz CT molecular complexity index is 1290. The van der Waals surface area contributed by atoms with Crippen LogP contribution in [0.3, 0.4) is 0 Å². The highest BCUT2D eigenvalue weighted by Crippen LogP contribution is 2.27. The number of fused-ring (bicyclic) bond motifs is 1. The Hall–Kier alpha value is -3.19. The fraction of sp³-hybridized carbons (Fsp3) is 0.296. The first-order valence-electron chi connectivity index (χ1n) is 11.6. The molecule has 3 heterocycles. The smallest absolute Gasteiger partial charge is 0.253 e. The van der Waals surface area contributed by atoms with E-state index < -0.39 is 0 Å². The number of hydrogen-bond acceptors (Lipinski definition) is 4. The average Bonchev–Trinajstić information content (AvgIpc) is 3.21.